The van der Waals surface area contributed by atoms with E-state index in [9.17, 15) is 10.1 Å². The van der Waals surface area contributed by atoms with E-state index in [4.69, 9.17) is 0 Å². The molecule has 9 heteroatoms. The first-order valence-electron chi connectivity index (χ1n) is 18.1. The van der Waals surface area contributed by atoms with Crippen LogP contribution in [-0.2, 0) is 0 Å². The van der Waals surface area contributed by atoms with E-state index < -0.39 is 0 Å². The van der Waals surface area contributed by atoms with Gasteiger partial charge in [0.1, 0.15) is 6.29 Å². The molecule has 0 radical (unpaired) electrons. The van der Waals surface area contributed by atoms with Gasteiger partial charge in [-0.25, -0.2) is 0 Å². The molecule has 0 unspecified atom stereocenters. The first kappa shape index (κ1) is 44.2. The predicted molar refractivity (Wildman–Crippen MR) is 250 cm³/mol. The molecular formula is C46H44AlBr4N3O. The smallest absolute Gasteiger partial charge is 0.237 e. The van der Waals surface area contributed by atoms with E-state index >= 15 is 0 Å². The number of hydrogen-bond acceptors (Lipinski definition) is 4. The lowest BCUT2D eigenvalue weighted by Crippen LogP contribution is -2.10. The highest BCUT2D eigenvalue weighted by molar-refractivity contribution is 9.11. The summed E-state index contributed by atoms with van der Waals surface area (Å²) in [5, 5.41) is 12.3. The van der Waals surface area contributed by atoms with Crippen LogP contribution in [0.15, 0.2) is 163 Å². The van der Waals surface area contributed by atoms with Gasteiger partial charge in [0.15, 0.2) is 0 Å². The van der Waals surface area contributed by atoms with Crippen molar-refractivity contribution < 1.29 is 4.79 Å². The summed E-state index contributed by atoms with van der Waals surface area (Å²) in [6, 6.07) is 49.8. The minimum atomic E-state index is 0.316. The second-order valence-electron chi connectivity index (χ2n) is 13.7. The molecule has 0 aliphatic rings. The van der Waals surface area contributed by atoms with Crippen molar-refractivity contribution in [1.82, 2.24) is 0 Å². The predicted octanol–water partition coefficient (Wildman–Crippen LogP) is 15.6. The topological polar surface area (TPSA) is 47.3 Å². The van der Waals surface area contributed by atoms with Crippen molar-refractivity contribution in [2.75, 3.05) is 9.80 Å². The Bertz CT molecular complexity index is 2020. The van der Waals surface area contributed by atoms with Gasteiger partial charge in [-0.05, 0) is 127 Å². The molecule has 55 heavy (non-hydrogen) atoms. The van der Waals surface area contributed by atoms with Gasteiger partial charge in [0.2, 0.25) is 15.2 Å². The van der Waals surface area contributed by atoms with E-state index in [1.165, 1.54) is 10.6 Å². The summed E-state index contributed by atoms with van der Waals surface area (Å²) in [6.45, 7) is 9.31. The van der Waals surface area contributed by atoms with Gasteiger partial charge >= 0.3 is 0 Å². The maximum atomic E-state index is 11.1. The summed E-state index contributed by atoms with van der Waals surface area (Å²) in [6.07, 6.45) is 0.866. The zero-order valence-electron chi connectivity index (χ0n) is 31.5. The average Bonchev–Trinajstić information content (AvgIpc) is 3.18. The van der Waals surface area contributed by atoms with Crippen LogP contribution in [0.1, 0.15) is 43.6 Å². The highest BCUT2D eigenvalue weighted by Gasteiger charge is 2.14. The number of carbonyl (C=O) groups is 1. The van der Waals surface area contributed by atoms with Crippen LogP contribution in [0.25, 0.3) is 0 Å². The summed E-state index contributed by atoms with van der Waals surface area (Å²) in [5.41, 5.74) is 7.31. The zero-order valence-corrected chi connectivity index (χ0v) is 39.2. The quantitative estimate of drug-likeness (QED) is 0.0958. The van der Waals surface area contributed by atoms with E-state index in [1.807, 2.05) is 140 Å². The van der Waals surface area contributed by atoms with Gasteiger partial charge in [-0.2, -0.15) is 5.26 Å². The normalized spacial score (nSPS) is 10.3. The van der Waals surface area contributed by atoms with Crippen molar-refractivity contribution in [3.05, 3.63) is 175 Å². The Morgan fingerprint density at radius 1 is 0.527 bits per heavy atom. The molecule has 0 bridgehead atoms. The fourth-order valence-corrected chi connectivity index (χ4v) is 8.57. The minimum Gasteiger partial charge on any atom is -0.310 e. The van der Waals surface area contributed by atoms with Gasteiger partial charge in [0.05, 0.1) is 11.6 Å². The Morgan fingerprint density at radius 2 is 0.873 bits per heavy atom. The molecule has 0 N–H and O–H groups in total. The second-order valence-corrected chi connectivity index (χ2v) is 19.2. The van der Waals surface area contributed by atoms with Crippen LogP contribution in [0, 0.1) is 23.2 Å². The molecule has 0 saturated carbocycles. The van der Waals surface area contributed by atoms with Crippen LogP contribution >= 0.6 is 63.7 Å². The summed E-state index contributed by atoms with van der Waals surface area (Å²) in [4.78, 5) is 15.4. The summed E-state index contributed by atoms with van der Waals surface area (Å²) >= 11 is 14.2. The molecule has 0 saturated heterocycles. The van der Waals surface area contributed by atoms with Crippen molar-refractivity contribution in [2.45, 2.75) is 38.3 Å². The van der Waals surface area contributed by atoms with Crippen molar-refractivity contribution in [1.29, 1.82) is 5.26 Å². The average molecular weight is 1000 g/mol. The summed E-state index contributed by atoms with van der Waals surface area (Å²) < 4.78 is 4.11. The number of nitrogens with zero attached hydrogens (tertiary/aromatic N) is 3. The number of hydrogen-bond donors (Lipinski definition) is 0. The summed E-state index contributed by atoms with van der Waals surface area (Å²) in [7, 11) is 0. The maximum Gasteiger partial charge on any atom is 0.237 e. The summed E-state index contributed by atoms with van der Waals surface area (Å²) in [5.74, 6) is 1.91. The molecule has 0 aliphatic heterocycles. The molecule has 280 valence electrons. The number of anilines is 6. The maximum absolute atomic E-state index is 11.1. The van der Waals surface area contributed by atoms with Gasteiger partial charge in [0, 0.05) is 57.6 Å². The third-order valence-corrected chi connectivity index (χ3v) is 13.6. The van der Waals surface area contributed by atoms with Crippen LogP contribution in [0.3, 0.4) is 0 Å². The standard InChI is InChI=1S/C19H12Br2N2.C19H13Br2NO.2C4H9.Al.H/c20-15-4-8-17(9-5-15)23(18-10-6-16(21)7-11-18)19-3-1-2-14(12-19)13-22;20-15-4-8-17(9-5-15)22(18-10-6-16(21)7-11-18)19-3-1-2-14(12-19)13-23;2*1-4(2)3;;/h1-12H;1-13H;2*4H,1H2,2-3H3;;. The molecule has 0 amide bonds. The van der Waals surface area contributed by atoms with E-state index in [1.54, 1.807) is 6.07 Å². The molecule has 0 fully saturated rings. The molecule has 4 nitrogen and oxygen atoms in total. The molecule has 0 aromatic heterocycles. The number of halogens is 4. The van der Waals surface area contributed by atoms with Gasteiger partial charge in [-0.3, -0.25) is 4.79 Å². The van der Waals surface area contributed by atoms with Crippen LogP contribution in [0.2, 0.25) is 10.6 Å². The SMILES string of the molecule is CC(C)[CH2][AlH][CH2]C(C)C.N#Cc1cccc(N(c2ccc(Br)cc2)c2ccc(Br)cc2)c1.O=Cc1cccc(N(c2ccc(Br)cc2)c2ccc(Br)cc2)c1. The van der Waals surface area contributed by atoms with Gasteiger partial charge in [0.25, 0.3) is 0 Å². The van der Waals surface area contributed by atoms with Crippen LogP contribution in [-0.4, -0.2) is 21.5 Å². The Balaban J connectivity index is 0.000000201. The van der Waals surface area contributed by atoms with Gasteiger partial charge < -0.3 is 9.80 Å². The van der Waals surface area contributed by atoms with Crippen LogP contribution in [0.4, 0.5) is 34.1 Å². The Kier molecular flexibility index (Phi) is 18.4. The van der Waals surface area contributed by atoms with E-state index in [0.29, 0.717) is 26.3 Å². The number of nitriles is 1. The molecule has 6 aromatic carbocycles. The monoisotopic (exact) mass is 997 g/mol. The van der Waals surface area contributed by atoms with E-state index in [-0.39, 0.29) is 0 Å². The van der Waals surface area contributed by atoms with Crippen LogP contribution < -0.4 is 9.80 Å². The molecule has 0 aliphatic carbocycles. The molecule has 6 aromatic rings. The Hall–Kier alpha value is -3.47. The Labute approximate surface area is 366 Å². The minimum absolute atomic E-state index is 0.316. The first-order valence-corrected chi connectivity index (χ1v) is 23.3. The van der Waals surface area contributed by atoms with E-state index in [2.05, 4.69) is 107 Å². The lowest BCUT2D eigenvalue weighted by Gasteiger charge is -2.25. The molecule has 6 rings (SSSR count). The van der Waals surface area contributed by atoms with Crippen molar-refractivity contribution in [3.8, 4) is 6.07 Å². The molecule has 0 heterocycles. The largest absolute Gasteiger partial charge is 0.310 e. The highest BCUT2D eigenvalue weighted by Crippen LogP contribution is 2.37. The first-order chi connectivity index (χ1) is 26.5. The Morgan fingerprint density at radius 3 is 1.20 bits per heavy atom. The van der Waals surface area contributed by atoms with Crippen LogP contribution in [0.5, 0.6) is 0 Å². The number of carbonyl (C=O) groups excluding carboxylic acids is 1. The number of aldehydes is 1. The van der Waals surface area contributed by atoms with Crippen molar-refractivity contribution in [2.24, 2.45) is 11.8 Å². The molecule has 0 atom stereocenters. The molecule has 0 spiro atoms. The lowest BCUT2D eigenvalue weighted by atomic mass is 10.1. The number of benzene rings is 6. The van der Waals surface area contributed by atoms with Crippen molar-refractivity contribution >= 4 is 119 Å². The van der Waals surface area contributed by atoms with E-state index in [0.717, 1.165) is 70.1 Å². The van der Waals surface area contributed by atoms with Gasteiger partial charge in [-0.1, -0.05) is 132 Å². The lowest BCUT2D eigenvalue weighted by molar-refractivity contribution is 0.112. The zero-order chi connectivity index (χ0) is 39.7. The fourth-order valence-electron chi connectivity index (χ4n) is 5.64. The second kappa shape index (κ2) is 22.9. The number of rotatable bonds is 11. The fraction of sp³-hybridized carbons (Fsp3) is 0.174. The van der Waals surface area contributed by atoms with Gasteiger partial charge in [-0.15, -0.1) is 0 Å². The third kappa shape index (κ3) is 14.5. The highest BCUT2D eigenvalue weighted by atomic mass is 79.9. The van der Waals surface area contributed by atoms with Crippen molar-refractivity contribution in [3.63, 3.8) is 0 Å². The molecular weight excluding hydrogens is 957 g/mol. The third-order valence-electron chi connectivity index (χ3n) is 8.40.